The summed E-state index contributed by atoms with van der Waals surface area (Å²) in [5.41, 5.74) is 0. The monoisotopic (exact) mass is 294 g/mol. The van der Waals surface area contributed by atoms with Crippen LogP contribution in [0, 0.1) is 0 Å². The fourth-order valence-electron chi connectivity index (χ4n) is 1.85. The number of ether oxygens (including phenoxy) is 5. The molecule has 1 heterocycles. The molecule has 0 amide bonds. The van der Waals surface area contributed by atoms with Gasteiger partial charge in [-0.2, -0.15) is 0 Å². The summed E-state index contributed by atoms with van der Waals surface area (Å²) in [5, 5.41) is 20.6. The number of aliphatic hydroxyl groups is 2. The van der Waals surface area contributed by atoms with E-state index in [9.17, 15) is 19.8 Å². The SMILES string of the molecule is CO[C@@]1(O)[C@@H](OC(C)=O)[C@@H](OC(C)=O)OC[C@]1(O)OC. The van der Waals surface area contributed by atoms with E-state index in [4.69, 9.17) is 23.7 Å². The molecule has 0 aliphatic carbocycles. The lowest BCUT2D eigenvalue weighted by Gasteiger charge is -2.49. The minimum atomic E-state index is -2.48. The molecule has 0 aromatic heterocycles. The molecule has 4 atom stereocenters. The lowest BCUT2D eigenvalue weighted by molar-refractivity contribution is -0.455. The number of hydrogen-bond acceptors (Lipinski definition) is 9. The van der Waals surface area contributed by atoms with Gasteiger partial charge in [0, 0.05) is 28.1 Å². The summed E-state index contributed by atoms with van der Waals surface area (Å²) in [6.45, 7) is 1.61. The minimum Gasteiger partial charge on any atom is -0.450 e. The van der Waals surface area contributed by atoms with Crippen molar-refractivity contribution in [3.8, 4) is 0 Å². The number of carbonyl (C=O) groups is 2. The molecular formula is C11H18O9. The maximum absolute atomic E-state index is 11.1. The highest BCUT2D eigenvalue weighted by Crippen LogP contribution is 2.37. The van der Waals surface area contributed by atoms with Crippen molar-refractivity contribution in [1.29, 1.82) is 0 Å². The van der Waals surface area contributed by atoms with Crippen molar-refractivity contribution < 1.29 is 43.5 Å². The van der Waals surface area contributed by atoms with Crippen LogP contribution in [-0.2, 0) is 33.3 Å². The molecule has 1 fully saturated rings. The zero-order valence-electron chi connectivity index (χ0n) is 11.6. The summed E-state index contributed by atoms with van der Waals surface area (Å²) >= 11 is 0. The summed E-state index contributed by atoms with van der Waals surface area (Å²) in [7, 11) is 2.17. The molecule has 1 aliphatic heterocycles. The largest absolute Gasteiger partial charge is 0.450 e. The predicted molar refractivity (Wildman–Crippen MR) is 61.0 cm³/mol. The average molecular weight is 294 g/mol. The van der Waals surface area contributed by atoms with Gasteiger partial charge in [-0.3, -0.25) is 9.59 Å². The number of methoxy groups -OCH3 is 2. The highest BCUT2D eigenvalue weighted by Gasteiger charge is 2.65. The first-order chi connectivity index (χ1) is 9.20. The van der Waals surface area contributed by atoms with Crippen molar-refractivity contribution in [1.82, 2.24) is 0 Å². The quantitative estimate of drug-likeness (QED) is 0.471. The van der Waals surface area contributed by atoms with Gasteiger partial charge >= 0.3 is 11.9 Å². The van der Waals surface area contributed by atoms with E-state index in [1.54, 1.807) is 0 Å². The van der Waals surface area contributed by atoms with Crippen LogP contribution in [0.2, 0.25) is 0 Å². The van der Waals surface area contributed by atoms with Crippen molar-refractivity contribution in [2.45, 2.75) is 37.8 Å². The Morgan fingerprint density at radius 1 is 1.10 bits per heavy atom. The minimum absolute atomic E-state index is 0.566. The van der Waals surface area contributed by atoms with Crippen LogP contribution in [0.4, 0.5) is 0 Å². The molecule has 0 aromatic carbocycles. The normalized spacial score (nSPS) is 37.3. The molecule has 1 saturated heterocycles. The summed E-state index contributed by atoms with van der Waals surface area (Å²) in [6, 6.07) is 0. The van der Waals surface area contributed by atoms with E-state index in [1.807, 2.05) is 0 Å². The van der Waals surface area contributed by atoms with E-state index in [-0.39, 0.29) is 0 Å². The molecule has 0 aromatic rings. The lowest BCUT2D eigenvalue weighted by atomic mass is 9.96. The van der Waals surface area contributed by atoms with Crippen molar-refractivity contribution in [3.63, 3.8) is 0 Å². The summed E-state index contributed by atoms with van der Waals surface area (Å²) in [6.07, 6.45) is -3.08. The molecule has 0 unspecified atom stereocenters. The first-order valence-corrected chi connectivity index (χ1v) is 5.71. The Labute approximate surface area is 115 Å². The standard InChI is InChI=1S/C11H18O9/c1-6(12)19-8-9(20-7(2)13)18-5-10(14,16-3)11(8,15)17-4/h8-9,14-15H,5H2,1-4H3/t8-,9+,10-,11-/m0/s1. The van der Waals surface area contributed by atoms with Gasteiger partial charge in [-0.05, 0) is 0 Å². The van der Waals surface area contributed by atoms with Crippen molar-refractivity contribution >= 4 is 11.9 Å². The third-order valence-corrected chi connectivity index (χ3v) is 2.86. The van der Waals surface area contributed by atoms with E-state index in [2.05, 4.69) is 0 Å². The number of esters is 2. The molecule has 9 nitrogen and oxygen atoms in total. The Balaban J connectivity index is 3.16. The molecule has 2 N–H and O–H groups in total. The molecule has 9 heteroatoms. The molecule has 0 radical (unpaired) electrons. The average Bonchev–Trinajstić information content (AvgIpc) is 2.37. The Bertz CT molecular complexity index is 384. The van der Waals surface area contributed by atoms with Gasteiger partial charge in [0.2, 0.25) is 18.2 Å². The van der Waals surface area contributed by atoms with Gasteiger partial charge in [0.1, 0.15) is 6.61 Å². The van der Waals surface area contributed by atoms with Gasteiger partial charge in [-0.25, -0.2) is 0 Å². The molecule has 1 aliphatic rings. The summed E-state index contributed by atoms with van der Waals surface area (Å²) < 4.78 is 24.3. The maximum atomic E-state index is 11.1. The number of carbonyl (C=O) groups excluding carboxylic acids is 2. The highest BCUT2D eigenvalue weighted by atomic mass is 16.8. The van der Waals surface area contributed by atoms with Gasteiger partial charge in [-0.15, -0.1) is 0 Å². The third kappa shape index (κ3) is 2.91. The van der Waals surface area contributed by atoms with Crippen LogP contribution in [0.15, 0.2) is 0 Å². The van der Waals surface area contributed by atoms with Crippen LogP contribution < -0.4 is 0 Å². The first-order valence-electron chi connectivity index (χ1n) is 5.71. The van der Waals surface area contributed by atoms with Crippen LogP contribution in [0.1, 0.15) is 13.8 Å². The number of hydrogen-bond donors (Lipinski definition) is 2. The Morgan fingerprint density at radius 2 is 1.65 bits per heavy atom. The third-order valence-electron chi connectivity index (χ3n) is 2.86. The molecule has 116 valence electrons. The Morgan fingerprint density at radius 3 is 2.05 bits per heavy atom. The van der Waals surface area contributed by atoms with Gasteiger partial charge in [0.25, 0.3) is 5.79 Å². The first kappa shape index (κ1) is 16.8. The maximum Gasteiger partial charge on any atom is 0.305 e. The smallest absolute Gasteiger partial charge is 0.305 e. The number of rotatable bonds is 4. The van der Waals surface area contributed by atoms with Gasteiger partial charge in [0.05, 0.1) is 0 Å². The zero-order chi connectivity index (χ0) is 15.6. The molecule has 20 heavy (non-hydrogen) atoms. The Kier molecular flexibility index (Phi) is 5.05. The van der Waals surface area contributed by atoms with Crippen LogP contribution in [-0.4, -0.2) is 66.9 Å². The van der Waals surface area contributed by atoms with Gasteiger partial charge in [-0.1, -0.05) is 0 Å². The van der Waals surface area contributed by atoms with Crippen LogP contribution in [0.3, 0.4) is 0 Å². The van der Waals surface area contributed by atoms with E-state index in [0.29, 0.717) is 0 Å². The Hall–Kier alpha value is -1.26. The molecule has 0 spiro atoms. The second kappa shape index (κ2) is 6.02. The molecule has 0 bridgehead atoms. The van der Waals surface area contributed by atoms with Crippen LogP contribution >= 0.6 is 0 Å². The van der Waals surface area contributed by atoms with E-state index in [1.165, 1.54) is 0 Å². The van der Waals surface area contributed by atoms with E-state index in [0.717, 1.165) is 28.1 Å². The van der Waals surface area contributed by atoms with Gasteiger partial charge in [0.15, 0.2) is 0 Å². The highest BCUT2D eigenvalue weighted by molar-refractivity contribution is 5.67. The fourth-order valence-corrected chi connectivity index (χ4v) is 1.85. The lowest BCUT2D eigenvalue weighted by Crippen LogP contribution is -2.73. The van der Waals surface area contributed by atoms with Crippen molar-refractivity contribution in [3.05, 3.63) is 0 Å². The summed E-state index contributed by atoms with van der Waals surface area (Å²) in [5.74, 6) is -6.32. The molecule has 0 saturated carbocycles. The van der Waals surface area contributed by atoms with Crippen molar-refractivity contribution in [2.75, 3.05) is 20.8 Å². The van der Waals surface area contributed by atoms with Crippen LogP contribution in [0.25, 0.3) is 0 Å². The molecule has 1 rings (SSSR count). The topological polar surface area (TPSA) is 121 Å². The second-order valence-electron chi connectivity index (χ2n) is 4.21. The van der Waals surface area contributed by atoms with Crippen LogP contribution in [0.5, 0.6) is 0 Å². The van der Waals surface area contributed by atoms with Crippen molar-refractivity contribution in [2.24, 2.45) is 0 Å². The molecular weight excluding hydrogens is 276 g/mol. The van der Waals surface area contributed by atoms with Gasteiger partial charge < -0.3 is 33.9 Å². The zero-order valence-corrected chi connectivity index (χ0v) is 11.6. The second-order valence-corrected chi connectivity index (χ2v) is 4.21. The van der Waals surface area contributed by atoms with E-state index < -0.39 is 42.5 Å². The summed E-state index contributed by atoms with van der Waals surface area (Å²) in [4.78, 5) is 22.2. The fraction of sp³-hybridized carbons (Fsp3) is 0.818. The predicted octanol–water partition coefficient (Wildman–Crippen LogP) is -1.49. The van der Waals surface area contributed by atoms with E-state index >= 15 is 0 Å².